The number of Topliss-reactive ketones (excluding diaryl/α,β-unsaturated/α-hetero) is 1. The first-order valence-electron chi connectivity index (χ1n) is 8.94. The SMILES string of the molecule is CCCC(C)CCCCCC(=O)CCc1ccc(O)c(OC)c1. The highest BCUT2D eigenvalue weighted by Gasteiger charge is 2.07. The van der Waals surface area contributed by atoms with Crippen LogP contribution >= 0.6 is 0 Å². The Balaban J connectivity index is 2.17. The van der Waals surface area contributed by atoms with Crippen LogP contribution in [0.3, 0.4) is 0 Å². The number of benzene rings is 1. The molecule has 0 radical (unpaired) electrons. The normalized spacial score (nSPS) is 12.1. The van der Waals surface area contributed by atoms with E-state index < -0.39 is 0 Å². The van der Waals surface area contributed by atoms with Gasteiger partial charge in [0.1, 0.15) is 5.78 Å². The number of phenols is 1. The average Bonchev–Trinajstić information content (AvgIpc) is 2.54. The minimum Gasteiger partial charge on any atom is -0.504 e. The number of carbonyl (C=O) groups excluding carboxylic acids is 1. The second-order valence-corrected chi connectivity index (χ2v) is 6.54. The summed E-state index contributed by atoms with van der Waals surface area (Å²) >= 11 is 0. The molecule has 1 N–H and O–H groups in total. The van der Waals surface area contributed by atoms with Gasteiger partial charge in [-0.3, -0.25) is 4.79 Å². The van der Waals surface area contributed by atoms with Crippen LogP contribution in [0.4, 0.5) is 0 Å². The van der Waals surface area contributed by atoms with Crippen molar-refractivity contribution < 1.29 is 14.6 Å². The zero-order chi connectivity index (χ0) is 17.1. The van der Waals surface area contributed by atoms with Crippen LogP contribution in [-0.2, 0) is 11.2 Å². The molecule has 1 atom stereocenters. The summed E-state index contributed by atoms with van der Waals surface area (Å²) in [5, 5.41) is 9.56. The van der Waals surface area contributed by atoms with Crippen LogP contribution in [0.1, 0.15) is 70.8 Å². The minimum atomic E-state index is 0.139. The van der Waals surface area contributed by atoms with Crippen LogP contribution in [0.5, 0.6) is 11.5 Å². The number of unbranched alkanes of at least 4 members (excludes halogenated alkanes) is 2. The van der Waals surface area contributed by atoms with Gasteiger partial charge in [0.2, 0.25) is 0 Å². The Kier molecular flexibility index (Phi) is 9.42. The number of methoxy groups -OCH3 is 1. The lowest BCUT2D eigenvalue weighted by molar-refractivity contribution is -0.119. The van der Waals surface area contributed by atoms with E-state index in [1.165, 1.54) is 32.8 Å². The molecule has 130 valence electrons. The highest BCUT2D eigenvalue weighted by atomic mass is 16.5. The van der Waals surface area contributed by atoms with Gasteiger partial charge in [-0.1, -0.05) is 52.0 Å². The van der Waals surface area contributed by atoms with Gasteiger partial charge in [-0.15, -0.1) is 0 Å². The van der Waals surface area contributed by atoms with Crippen LogP contribution in [0.15, 0.2) is 18.2 Å². The van der Waals surface area contributed by atoms with Gasteiger partial charge >= 0.3 is 0 Å². The van der Waals surface area contributed by atoms with E-state index in [4.69, 9.17) is 4.74 Å². The van der Waals surface area contributed by atoms with E-state index in [1.807, 2.05) is 6.07 Å². The van der Waals surface area contributed by atoms with Gasteiger partial charge in [0.25, 0.3) is 0 Å². The number of phenolic OH excluding ortho intramolecular Hbond substituents is 1. The van der Waals surface area contributed by atoms with Crippen LogP contribution in [0, 0.1) is 5.92 Å². The van der Waals surface area contributed by atoms with Crippen molar-refractivity contribution in [3.63, 3.8) is 0 Å². The monoisotopic (exact) mass is 320 g/mol. The van der Waals surface area contributed by atoms with Gasteiger partial charge in [0, 0.05) is 12.8 Å². The highest BCUT2D eigenvalue weighted by molar-refractivity contribution is 5.78. The van der Waals surface area contributed by atoms with Gasteiger partial charge in [-0.2, -0.15) is 0 Å². The molecule has 0 saturated heterocycles. The van der Waals surface area contributed by atoms with Gasteiger partial charge in [-0.25, -0.2) is 0 Å². The molecule has 23 heavy (non-hydrogen) atoms. The van der Waals surface area contributed by atoms with Crippen LogP contribution in [-0.4, -0.2) is 18.0 Å². The van der Waals surface area contributed by atoms with Gasteiger partial charge in [-0.05, 0) is 36.5 Å². The van der Waals surface area contributed by atoms with Crippen molar-refractivity contribution in [1.29, 1.82) is 0 Å². The molecule has 0 aliphatic heterocycles. The van der Waals surface area contributed by atoms with E-state index in [0.717, 1.165) is 24.3 Å². The number of aromatic hydroxyl groups is 1. The summed E-state index contributed by atoms with van der Waals surface area (Å²) in [5.41, 5.74) is 1.03. The van der Waals surface area contributed by atoms with E-state index in [-0.39, 0.29) is 5.75 Å². The molecule has 0 bridgehead atoms. The second-order valence-electron chi connectivity index (χ2n) is 6.54. The molecular weight excluding hydrogens is 288 g/mol. The van der Waals surface area contributed by atoms with Crippen molar-refractivity contribution in [1.82, 2.24) is 0 Å². The molecule has 3 nitrogen and oxygen atoms in total. The Morgan fingerprint density at radius 3 is 2.65 bits per heavy atom. The third-order valence-corrected chi connectivity index (χ3v) is 4.37. The van der Waals surface area contributed by atoms with Gasteiger partial charge in [0.05, 0.1) is 7.11 Å². The molecule has 1 aromatic carbocycles. The number of carbonyl (C=O) groups is 1. The van der Waals surface area contributed by atoms with Crippen molar-refractivity contribution in [2.24, 2.45) is 5.92 Å². The number of hydrogen-bond acceptors (Lipinski definition) is 3. The standard InChI is InChI=1S/C20H32O3/c1-4-8-16(2)9-6-5-7-10-18(21)13-11-17-12-14-19(22)20(15-17)23-3/h12,14-16,22H,4-11,13H2,1-3H3. The first kappa shape index (κ1) is 19.5. The largest absolute Gasteiger partial charge is 0.504 e. The Morgan fingerprint density at radius 2 is 1.96 bits per heavy atom. The van der Waals surface area contributed by atoms with Crippen molar-refractivity contribution in [2.75, 3.05) is 7.11 Å². The van der Waals surface area contributed by atoms with Crippen LogP contribution in [0.2, 0.25) is 0 Å². The molecular formula is C20H32O3. The Hall–Kier alpha value is -1.51. The second kappa shape index (κ2) is 11.1. The summed E-state index contributed by atoms with van der Waals surface area (Å²) < 4.78 is 5.09. The lowest BCUT2D eigenvalue weighted by Crippen LogP contribution is -2.01. The molecule has 3 heteroatoms. The smallest absolute Gasteiger partial charge is 0.160 e. The van der Waals surface area contributed by atoms with Gasteiger partial charge < -0.3 is 9.84 Å². The van der Waals surface area contributed by atoms with E-state index in [9.17, 15) is 9.90 Å². The topological polar surface area (TPSA) is 46.5 Å². The number of aryl methyl sites for hydroxylation is 1. The number of ketones is 1. The summed E-state index contributed by atoms with van der Waals surface area (Å²) in [6.45, 7) is 4.55. The predicted octanol–water partition coefficient (Wildman–Crippen LogP) is 5.29. The van der Waals surface area contributed by atoms with Crippen LogP contribution < -0.4 is 4.74 Å². The number of ether oxygens (including phenoxy) is 1. The zero-order valence-electron chi connectivity index (χ0n) is 14.9. The highest BCUT2D eigenvalue weighted by Crippen LogP contribution is 2.26. The summed E-state index contributed by atoms with van der Waals surface area (Å²) in [4.78, 5) is 12.0. The molecule has 1 rings (SSSR count). The fourth-order valence-corrected chi connectivity index (χ4v) is 2.92. The molecule has 0 aliphatic rings. The summed E-state index contributed by atoms with van der Waals surface area (Å²) in [6.07, 6.45) is 9.25. The third-order valence-electron chi connectivity index (χ3n) is 4.37. The maximum absolute atomic E-state index is 12.0. The summed E-state index contributed by atoms with van der Waals surface area (Å²) in [5.74, 6) is 1.76. The first-order valence-corrected chi connectivity index (χ1v) is 8.94. The molecule has 0 aliphatic carbocycles. The maximum Gasteiger partial charge on any atom is 0.160 e. The quantitative estimate of drug-likeness (QED) is 0.532. The maximum atomic E-state index is 12.0. The minimum absolute atomic E-state index is 0.139. The van der Waals surface area contributed by atoms with Crippen molar-refractivity contribution in [3.05, 3.63) is 23.8 Å². The molecule has 0 amide bonds. The molecule has 0 spiro atoms. The van der Waals surface area contributed by atoms with E-state index in [1.54, 1.807) is 12.1 Å². The van der Waals surface area contributed by atoms with Crippen molar-refractivity contribution >= 4 is 5.78 Å². The number of rotatable bonds is 12. The average molecular weight is 320 g/mol. The molecule has 1 unspecified atom stereocenters. The van der Waals surface area contributed by atoms with Crippen LogP contribution in [0.25, 0.3) is 0 Å². The van der Waals surface area contributed by atoms with E-state index in [0.29, 0.717) is 30.8 Å². The lowest BCUT2D eigenvalue weighted by Gasteiger charge is -2.09. The molecule has 0 aromatic heterocycles. The fraction of sp³-hybridized carbons (Fsp3) is 0.650. The lowest BCUT2D eigenvalue weighted by atomic mass is 9.97. The summed E-state index contributed by atoms with van der Waals surface area (Å²) in [7, 11) is 1.53. The molecule has 0 heterocycles. The van der Waals surface area contributed by atoms with E-state index >= 15 is 0 Å². The van der Waals surface area contributed by atoms with Crippen molar-refractivity contribution in [3.8, 4) is 11.5 Å². The predicted molar refractivity (Wildman–Crippen MR) is 95.1 cm³/mol. The Labute approximate surface area is 141 Å². The van der Waals surface area contributed by atoms with Crippen molar-refractivity contribution in [2.45, 2.75) is 71.6 Å². The fourth-order valence-electron chi connectivity index (χ4n) is 2.92. The van der Waals surface area contributed by atoms with Gasteiger partial charge in [0.15, 0.2) is 11.5 Å². The molecule has 0 saturated carbocycles. The third kappa shape index (κ3) is 8.06. The molecule has 1 aromatic rings. The Morgan fingerprint density at radius 1 is 1.17 bits per heavy atom. The first-order chi connectivity index (χ1) is 11.1. The molecule has 0 fully saturated rings. The van der Waals surface area contributed by atoms with E-state index in [2.05, 4.69) is 13.8 Å². The summed E-state index contributed by atoms with van der Waals surface area (Å²) in [6, 6.07) is 5.27. The zero-order valence-corrected chi connectivity index (χ0v) is 14.9. The Bertz CT molecular complexity index is 468. The number of hydrogen-bond donors (Lipinski definition) is 1.